The lowest BCUT2D eigenvalue weighted by Crippen LogP contribution is -2.44. The largest absolute Gasteiger partial charge is 0.323 e. The van der Waals surface area contributed by atoms with Crippen molar-refractivity contribution in [3.05, 3.63) is 30.1 Å². The van der Waals surface area contributed by atoms with Crippen molar-refractivity contribution in [1.82, 2.24) is 4.31 Å². The van der Waals surface area contributed by atoms with Crippen LogP contribution in [0.1, 0.15) is 19.8 Å². The fourth-order valence-corrected chi connectivity index (χ4v) is 3.57. The van der Waals surface area contributed by atoms with Gasteiger partial charge in [0.05, 0.1) is 17.4 Å². The first-order valence-electron chi connectivity index (χ1n) is 6.97. The van der Waals surface area contributed by atoms with E-state index in [0.717, 1.165) is 0 Å². The summed E-state index contributed by atoms with van der Waals surface area (Å²) in [6, 6.07) is 5.93. The van der Waals surface area contributed by atoms with Crippen LogP contribution in [-0.2, 0) is 14.8 Å². The van der Waals surface area contributed by atoms with Gasteiger partial charge < -0.3 is 5.32 Å². The maximum atomic E-state index is 13.5. The molecule has 0 unspecified atom stereocenters. The topological polar surface area (TPSA) is 66.5 Å². The Morgan fingerprint density at radius 2 is 2.14 bits per heavy atom. The van der Waals surface area contributed by atoms with Crippen LogP contribution in [0.3, 0.4) is 0 Å². The number of halogens is 1. The molecule has 0 aromatic heterocycles. The molecule has 1 saturated heterocycles. The smallest absolute Gasteiger partial charge is 0.228 e. The SMILES string of the molecule is CCS(=O)(=O)N1CCC[C@@H](C(=O)Nc2ccccc2F)C1. The lowest BCUT2D eigenvalue weighted by atomic mass is 9.98. The predicted molar refractivity (Wildman–Crippen MR) is 78.8 cm³/mol. The third-order valence-electron chi connectivity index (χ3n) is 3.64. The van der Waals surface area contributed by atoms with E-state index < -0.39 is 21.8 Å². The van der Waals surface area contributed by atoms with Crippen LogP contribution in [-0.4, -0.2) is 37.5 Å². The summed E-state index contributed by atoms with van der Waals surface area (Å²) in [5.74, 6) is -1.26. The van der Waals surface area contributed by atoms with Gasteiger partial charge in [-0.3, -0.25) is 4.79 Å². The molecule has 1 amide bonds. The Hall–Kier alpha value is -1.47. The van der Waals surface area contributed by atoms with Gasteiger partial charge in [0.2, 0.25) is 15.9 Å². The number of nitrogens with zero attached hydrogens (tertiary/aromatic N) is 1. The van der Waals surface area contributed by atoms with Crippen molar-refractivity contribution in [3.8, 4) is 0 Å². The van der Waals surface area contributed by atoms with Crippen molar-refractivity contribution in [3.63, 3.8) is 0 Å². The summed E-state index contributed by atoms with van der Waals surface area (Å²) in [4.78, 5) is 12.2. The van der Waals surface area contributed by atoms with Crippen molar-refractivity contribution < 1.29 is 17.6 Å². The quantitative estimate of drug-likeness (QED) is 0.922. The van der Waals surface area contributed by atoms with Gasteiger partial charge in [0.15, 0.2) is 0 Å². The molecule has 1 heterocycles. The number of hydrogen-bond donors (Lipinski definition) is 1. The third kappa shape index (κ3) is 3.79. The maximum Gasteiger partial charge on any atom is 0.228 e. The van der Waals surface area contributed by atoms with Crippen molar-refractivity contribution in [2.24, 2.45) is 5.92 Å². The first kappa shape index (κ1) is 15.9. The van der Waals surface area contributed by atoms with E-state index in [9.17, 15) is 17.6 Å². The van der Waals surface area contributed by atoms with E-state index in [1.807, 2.05) is 0 Å². The van der Waals surface area contributed by atoms with Gasteiger partial charge in [-0.25, -0.2) is 17.1 Å². The van der Waals surface area contributed by atoms with Gasteiger partial charge in [0, 0.05) is 13.1 Å². The highest BCUT2D eigenvalue weighted by molar-refractivity contribution is 7.89. The molecule has 1 fully saturated rings. The number of sulfonamides is 1. The second-order valence-corrected chi connectivity index (χ2v) is 7.32. The highest BCUT2D eigenvalue weighted by atomic mass is 32.2. The van der Waals surface area contributed by atoms with Crippen molar-refractivity contribution in [2.75, 3.05) is 24.2 Å². The highest BCUT2D eigenvalue weighted by Crippen LogP contribution is 2.22. The van der Waals surface area contributed by atoms with Crippen LogP contribution in [0.4, 0.5) is 10.1 Å². The van der Waals surface area contributed by atoms with E-state index >= 15 is 0 Å². The molecule has 1 aromatic carbocycles. The molecule has 0 spiro atoms. The molecule has 21 heavy (non-hydrogen) atoms. The van der Waals surface area contributed by atoms with Crippen LogP contribution in [0, 0.1) is 11.7 Å². The lowest BCUT2D eigenvalue weighted by Gasteiger charge is -2.30. The number of amides is 1. The van der Waals surface area contributed by atoms with E-state index in [1.54, 1.807) is 19.1 Å². The zero-order valence-electron chi connectivity index (χ0n) is 11.9. The number of piperidine rings is 1. The average molecular weight is 314 g/mol. The Balaban J connectivity index is 2.05. The van der Waals surface area contributed by atoms with Gasteiger partial charge in [-0.1, -0.05) is 12.1 Å². The summed E-state index contributed by atoms with van der Waals surface area (Å²) in [7, 11) is -3.29. The van der Waals surface area contributed by atoms with Crippen molar-refractivity contribution in [1.29, 1.82) is 0 Å². The number of anilines is 1. The van der Waals surface area contributed by atoms with E-state index in [0.29, 0.717) is 19.4 Å². The number of nitrogens with one attached hydrogen (secondary N) is 1. The number of carbonyl (C=O) groups is 1. The van der Waals surface area contributed by atoms with E-state index in [4.69, 9.17) is 0 Å². The molecule has 2 rings (SSSR count). The standard InChI is InChI=1S/C14H19FN2O3S/c1-2-21(19,20)17-9-5-6-11(10-17)14(18)16-13-8-4-3-7-12(13)15/h3-4,7-8,11H,2,5-6,9-10H2,1H3,(H,16,18)/t11-/m1/s1. The summed E-state index contributed by atoms with van der Waals surface area (Å²) >= 11 is 0. The van der Waals surface area contributed by atoms with Crippen LogP contribution in [0.15, 0.2) is 24.3 Å². The van der Waals surface area contributed by atoms with Gasteiger partial charge in [-0.2, -0.15) is 0 Å². The summed E-state index contributed by atoms with van der Waals surface area (Å²) in [5.41, 5.74) is 0.123. The monoisotopic (exact) mass is 314 g/mol. The molecule has 1 N–H and O–H groups in total. The van der Waals surface area contributed by atoms with Crippen LogP contribution >= 0.6 is 0 Å². The van der Waals surface area contributed by atoms with Gasteiger partial charge in [-0.15, -0.1) is 0 Å². The molecule has 1 aromatic rings. The fourth-order valence-electron chi connectivity index (χ4n) is 2.39. The molecule has 1 atom stereocenters. The Morgan fingerprint density at radius 3 is 2.81 bits per heavy atom. The molecular formula is C14H19FN2O3S. The fraction of sp³-hybridized carbons (Fsp3) is 0.500. The van der Waals surface area contributed by atoms with Gasteiger partial charge >= 0.3 is 0 Å². The number of rotatable bonds is 4. The molecule has 0 radical (unpaired) electrons. The van der Waals surface area contributed by atoms with Gasteiger partial charge in [0.25, 0.3) is 0 Å². The van der Waals surface area contributed by atoms with E-state index in [1.165, 1.54) is 16.4 Å². The molecule has 0 saturated carbocycles. The summed E-state index contributed by atoms with van der Waals surface area (Å²) in [6.07, 6.45) is 1.24. The zero-order valence-corrected chi connectivity index (χ0v) is 12.7. The number of benzene rings is 1. The van der Waals surface area contributed by atoms with E-state index in [2.05, 4.69) is 5.32 Å². The second kappa shape index (κ2) is 6.53. The van der Waals surface area contributed by atoms with Crippen LogP contribution in [0.2, 0.25) is 0 Å². The van der Waals surface area contributed by atoms with Crippen LogP contribution < -0.4 is 5.32 Å². The Morgan fingerprint density at radius 1 is 1.43 bits per heavy atom. The molecular weight excluding hydrogens is 295 g/mol. The summed E-state index contributed by atoms with van der Waals surface area (Å²) in [6.45, 7) is 2.19. The van der Waals surface area contributed by atoms with Crippen molar-refractivity contribution >= 4 is 21.6 Å². The number of carbonyl (C=O) groups excluding carboxylic acids is 1. The second-order valence-electron chi connectivity index (χ2n) is 5.07. The molecule has 7 heteroatoms. The third-order valence-corrected chi connectivity index (χ3v) is 5.49. The molecule has 1 aliphatic heterocycles. The zero-order chi connectivity index (χ0) is 15.5. The number of para-hydroxylation sites is 1. The van der Waals surface area contributed by atoms with Gasteiger partial charge in [-0.05, 0) is 31.9 Å². The molecule has 116 valence electrons. The molecule has 0 bridgehead atoms. The predicted octanol–water partition coefficient (Wildman–Crippen LogP) is 1.83. The van der Waals surface area contributed by atoms with Gasteiger partial charge in [0.1, 0.15) is 5.82 Å². The van der Waals surface area contributed by atoms with Crippen LogP contribution in [0.25, 0.3) is 0 Å². The molecule has 1 aliphatic rings. The Bertz CT molecular complexity index is 618. The Labute approximate surface area is 124 Å². The van der Waals surface area contributed by atoms with E-state index in [-0.39, 0.29) is 23.9 Å². The first-order valence-corrected chi connectivity index (χ1v) is 8.58. The summed E-state index contributed by atoms with van der Waals surface area (Å²) in [5, 5.41) is 2.53. The average Bonchev–Trinajstić information content (AvgIpc) is 2.49. The highest BCUT2D eigenvalue weighted by Gasteiger charge is 2.31. The van der Waals surface area contributed by atoms with Crippen molar-refractivity contribution in [2.45, 2.75) is 19.8 Å². The number of hydrogen-bond acceptors (Lipinski definition) is 3. The minimum absolute atomic E-state index is 0.0225. The normalized spacial score (nSPS) is 20.2. The Kier molecular flexibility index (Phi) is 4.95. The molecule has 5 nitrogen and oxygen atoms in total. The molecule has 0 aliphatic carbocycles. The summed E-state index contributed by atoms with van der Waals surface area (Å²) < 4.78 is 38.6. The first-order chi connectivity index (χ1) is 9.94. The minimum atomic E-state index is -3.29. The lowest BCUT2D eigenvalue weighted by molar-refractivity contribution is -0.120. The minimum Gasteiger partial charge on any atom is -0.323 e. The maximum absolute atomic E-state index is 13.5. The van der Waals surface area contributed by atoms with Crippen LogP contribution in [0.5, 0.6) is 0 Å².